The Hall–Kier alpha value is -0.580. The monoisotopic (exact) mass is 299 g/mol. The second kappa shape index (κ2) is 5.38. The molecule has 0 spiro atoms. The SMILES string of the molecule is CC1CN(c2ccc(CO)c(Br)c2)C(C)CO1. The lowest BCUT2D eigenvalue weighted by Gasteiger charge is -2.38. The van der Waals surface area contributed by atoms with Crippen LogP contribution < -0.4 is 4.90 Å². The Bertz CT molecular complexity index is 397. The Morgan fingerprint density at radius 3 is 2.88 bits per heavy atom. The molecule has 2 unspecified atom stereocenters. The number of nitrogens with zero attached hydrogens (tertiary/aromatic N) is 1. The minimum Gasteiger partial charge on any atom is -0.392 e. The molecule has 0 radical (unpaired) electrons. The van der Waals surface area contributed by atoms with E-state index in [9.17, 15) is 0 Å². The molecular formula is C13H18BrNO2. The Balaban J connectivity index is 2.23. The van der Waals surface area contributed by atoms with Gasteiger partial charge in [-0.15, -0.1) is 0 Å². The lowest BCUT2D eigenvalue weighted by atomic mass is 10.1. The van der Waals surface area contributed by atoms with Crippen molar-refractivity contribution in [2.24, 2.45) is 0 Å². The molecule has 0 saturated carbocycles. The minimum absolute atomic E-state index is 0.0654. The van der Waals surface area contributed by atoms with Gasteiger partial charge in [-0.25, -0.2) is 0 Å². The highest BCUT2D eigenvalue weighted by atomic mass is 79.9. The van der Waals surface area contributed by atoms with Crippen molar-refractivity contribution in [2.45, 2.75) is 32.6 Å². The van der Waals surface area contributed by atoms with Gasteiger partial charge < -0.3 is 14.7 Å². The number of anilines is 1. The molecule has 1 aromatic rings. The van der Waals surface area contributed by atoms with Crippen molar-refractivity contribution < 1.29 is 9.84 Å². The summed E-state index contributed by atoms with van der Waals surface area (Å²) in [6, 6.07) is 6.48. The molecule has 1 N–H and O–H groups in total. The van der Waals surface area contributed by atoms with Crippen molar-refractivity contribution >= 4 is 21.6 Å². The van der Waals surface area contributed by atoms with Crippen LogP contribution in [0.3, 0.4) is 0 Å². The number of aliphatic hydroxyl groups is 1. The van der Waals surface area contributed by atoms with E-state index < -0.39 is 0 Å². The average molecular weight is 300 g/mol. The zero-order valence-corrected chi connectivity index (χ0v) is 11.8. The van der Waals surface area contributed by atoms with Gasteiger partial charge in [0.25, 0.3) is 0 Å². The number of hydrogen-bond donors (Lipinski definition) is 1. The summed E-state index contributed by atoms with van der Waals surface area (Å²) in [5, 5.41) is 9.15. The minimum atomic E-state index is 0.0654. The van der Waals surface area contributed by atoms with E-state index in [4.69, 9.17) is 9.84 Å². The smallest absolute Gasteiger partial charge is 0.0723 e. The van der Waals surface area contributed by atoms with Crippen LogP contribution in [-0.2, 0) is 11.3 Å². The lowest BCUT2D eigenvalue weighted by molar-refractivity contribution is 0.0344. The molecule has 4 heteroatoms. The van der Waals surface area contributed by atoms with E-state index >= 15 is 0 Å². The zero-order valence-electron chi connectivity index (χ0n) is 10.2. The molecule has 0 bridgehead atoms. The Labute approximate surface area is 111 Å². The highest BCUT2D eigenvalue weighted by Gasteiger charge is 2.23. The zero-order chi connectivity index (χ0) is 12.4. The van der Waals surface area contributed by atoms with Crippen LogP contribution in [0.5, 0.6) is 0 Å². The topological polar surface area (TPSA) is 32.7 Å². The first-order chi connectivity index (χ1) is 8.11. The van der Waals surface area contributed by atoms with Crippen molar-refractivity contribution in [1.29, 1.82) is 0 Å². The van der Waals surface area contributed by atoms with Crippen LogP contribution in [0.4, 0.5) is 5.69 Å². The van der Waals surface area contributed by atoms with Gasteiger partial charge in [-0.1, -0.05) is 22.0 Å². The van der Waals surface area contributed by atoms with Crippen molar-refractivity contribution in [1.82, 2.24) is 0 Å². The summed E-state index contributed by atoms with van der Waals surface area (Å²) in [5.74, 6) is 0. The molecule has 1 aliphatic rings. The van der Waals surface area contributed by atoms with Gasteiger partial charge >= 0.3 is 0 Å². The van der Waals surface area contributed by atoms with Crippen LogP contribution in [0.15, 0.2) is 22.7 Å². The highest BCUT2D eigenvalue weighted by Crippen LogP contribution is 2.27. The van der Waals surface area contributed by atoms with Crippen LogP contribution in [0.1, 0.15) is 19.4 Å². The van der Waals surface area contributed by atoms with Crippen LogP contribution in [0, 0.1) is 0 Å². The maximum Gasteiger partial charge on any atom is 0.0723 e. The van der Waals surface area contributed by atoms with Gasteiger partial charge in [-0.3, -0.25) is 0 Å². The van der Waals surface area contributed by atoms with E-state index in [-0.39, 0.29) is 12.7 Å². The summed E-state index contributed by atoms with van der Waals surface area (Å²) in [5.41, 5.74) is 2.10. The average Bonchev–Trinajstić information content (AvgIpc) is 2.32. The molecule has 0 aromatic heterocycles. The first-order valence-corrected chi connectivity index (χ1v) is 6.68. The molecule has 17 heavy (non-hydrogen) atoms. The van der Waals surface area contributed by atoms with Crippen molar-refractivity contribution in [3.8, 4) is 0 Å². The molecule has 0 amide bonds. The second-order valence-corrected chi connectivity index (χ2v) is 5.43. The Morgan fingerprint density at radius 1 is 1.47 bits per heavy atom. The molecule has 0 aliphatic carbocycles. The normalized spacial score (nSPS) is 25.1. The van der Waals surface area contributed by atoms with Crippen LogP contribution in [0.2, 0.25) is 0 Å². The highest BCUT2D eigenvalue weighted by molar-refractivity contribution is 9.10. The summed E-state index contributed by atoms with van der Waals surface area (Å²) in [4.78, 5) is 2.35. The molecule has 1 aromatic carbocycles. The van der Waals surface area contributed by atoms with Gasteiger partial charge in [0.05, 0.1) is 19.3 Å². The fourth-order valence-electron chi connectivity index (χ4n) is 2.11. The molecule has 94 valence electrons. The van der Waals surface area contributed by atoms with Crippen LogP contribution >= 0.6 is 15.9 Å². The van der Waals surface area contributed by atoms with E-state index in [1.165, 1.54) is 5.69 Å². The summed E-state index contributed by atoms with van der Waals surface area (Å²) in [6.07, 6.45) is 0.266. The predicted molar refractivity (Wildman–Crippen MR) is 72.3 cm³/mol. The van der Waals surface area contributed by atoms with Gasteiger partial charge in [0, 0.05) is 22.7 Å². The van der Waals surface area contributed by atoms with Gasteiger partial charge in [0.15, 0.2) is 0 Å². The maximum atomic E-state index is 9.15. The summed E-state index contributed by atoms with van der Waals surface area (Å²) >= 11 is 3.49. The van der Waals surface area contributed by atoms with Gasteiger partial charge in [-0.05, 0) is 31.5 Å². The third-order valence-corrected chi connectivity index (χ3v) is 3.88. The lowest BCUT2D eigenvalue weighted by Crippen LogP contribution is -2.47. The summed E-state index contributed by atoms with van der Waals surface area (Å²) < 4.78 is 6.59. The van der Waals surface area contributed by atoms with Crippen molar-refractivity contribution in [3.05, 3.63) is 28.2 Å². The number of rotatable bonds is 2. The molecule has 1 saturated heterocycles. The Kier molecular flexibility index (Phi) is 4.07. The van der Waals surface area contributed by atoms with E-state index in [2.05, 4.69) is 46.8 Å². The Morgan fingerprint density at radius 2 is 2.24 bits per heavy atom. The van der Waals surface area contributed by atoms with Gasteiger partial charge in [0.1, 0.15) is 0 Å². The molecular weight excluding hydrogens is 282 g/mol. The largest absolute Gasteiger partial charge is 0.392 e. The molecule has 2 atom stereocenters. The fraction of sp³-hybridized carbons (Fsp3) is 0.538. The number of ether oxygens (including phenoxy) is 1. The number of morpholine rings is 1. The third kappa shape index (κ3) is 2.81. The molecule has 3 nitrogen and oxygen atoms in total. The quantitative estimate of drug-likeness (QED) is 0.911. The summed E-state index contributed by atoms with van der Waals surface area (Å²) in [7, 11) is 0. The number of aliphatic hydroxyl groups excluding tert-OH is 1. The molecule has 1 fully saturated rings. The number of halogens is 1. The molecule has 1 heterocycles. The maximum absolute atomic E-state index is 9.15. The predicted octanol–water partition coefficient (Wildman–Crippen LogP) is 2.56. The van der Waals surface area contributed by atoms with E-state index in [0.717, 1.165) is 23.2 Å². The first-order valence-electron chi connectivity index (χ1n) is 5.89. The van der Waals surface area contributed by atoms with E-state index in [0.29, 0.717) is 6.04 Å². The fourth-order valence-corrected chi connectivity index (χ4v) is 2.60. The van der Waals surface area contributed by atoms with Crippen LogP contribution in [0.25, 0.3) is 0 Å². The summed E-state index contributed by atoms with van der Waals surface area (Å²) in [6.45, 7) is 6.00. The van der Waals surface area contributed by atoms with Crippen molar-refractivity contribution in [3.63, 3.8) is 0 Å². The number of benzene rings is 1. The van der Waals surface area contributed by atoms with Gasteiger partial charge in [0.2, 0.25) is 0 Å². The van der Waals surface area contributed by atoms with E-state index in [1.54, 1.807) is 0 Å². The van der Waals surface area contributed by atoms with Crippen LogP contribution in [-0.4, -0.2) is 30.4 Å². The number of hydrogen-bond acceptors (Lipinski definition) is 3. The third-order valence-electron chi connectivity index (χ3n) is 3.15. The first kappa shape index (κ1) is 12.9. The second-order valence-electron chi connectivity index (χ2n) is 4.58. The van der Waals surface area contributed by atoms with Gasteiger partial charge in [-0.2, -0.15) is 0 Å². The van der Waals surface area contributed by atoms with E-state index in [1.807, 2.05) is 6.07 Å². The molecule has 1 aliphatic heterocycles. The van der Waals surface area contributed by atoms with Crippen molar-refractivity contribution in [2.75, 3.05) is 18.1 Å². The molecule has 2 rings (SSSR count). The standard InChI is InChI=1S/C13H18BrNO2/c1-9-8-17-10(2)6-15(9)12-4-3-11(7-16)13(14)5-12/h3-5,9-10,16H,6-8H2,1-2H3.